The summed E-state index contributed by atoms with van der Waals surface area (Å²) in [7, 11) is -4.93. The Balaban J connectivity index is 1.77. The number of fused-ring (bicyclic) bond motifs is 1. The van der Waals surface area contributed by atoms with E-state index < -0.39 is 50.6 Å². The maximum absolute atomic E-state index is 12.3. The van der Waals surface area contributed by atoms with Gasteiger partial charge in [-0.05, 0) is 18.4 Å². The summed E-state index contributed by atoms with van der Waals surface area (Å²) in [4.78, 5) is 46.5. The number of hydrogen-bond acceptors (Lipinski definition) is 12. The average molecular weight is 458 g/mol. The maximum Gasteiger partial charge on any atom is 0.474 e. The van der Waals surface area contributed by atoms with E-state index in [9.17, 15) is 34.4 Å². The molecular formula is C14H17N7O9P-. The lowest BCUT2D eigenvalue weighted by atomic mass is 10.3. The Bertz CT molecular complexity index is 1270. The molecule has 0 amide bonds. The van der Waals surface area contributed by atoms with E-state index in [1.807, 2.05) is 0 Å². The van der Waals surface area contributed by atoms with E-state index in [0.717, 1.165) is 17.1 Å². The van der Waals surface area contributed by atoms with Gasteiger partial charge < -0.3 is 25.9 Å². The molecule has 31 heavy (non-hydrogen) atoms. The number of aliphatic hydroxyl groups is 2. The van der Waals surface area contributed by atoms with E-state index in [0.29, 0.717) is 4.57 Å². The van der Waals surface area contributed by atoms with Crippen molar-refractivity contribution < 1.29 is 33.8 Å². The summed E-state index contributed by atoms with van der Waals surface area (Å²) >= 11 is 0. The second-order valence-electron chi connectivity index (χ2n) is 6.18. The molecule has 0 aliphatic heterocycles. The van der Waals surface area contributed by atoms with Crippen molar-refractivity contribution in [2.24, 2.45) is 0 Å². The third-order valence-electron chi connectivity index (χ3n) is 3.97. The monoisotopic (exact) mass is 458 g/mol. The van der Waals surface area contributed by atoms with Crippen molar-refractivity contribution in [1.29, 1.82) is 0 Å². The normalized spacial score (nSPS) is 15.6. The summed E-state index contributed by atoms with van der Waals surface area (Å²) in [6.45, 7) is -0.406. The second-order valence-corrected chi connectivity index (χ2v) is 7.59. The van der Waals surface area contributed by atoms with Crippen LogP contribution < -0.4 is 22.1 Å². The van der Waals surface area contributed by atoms with Crippen LogP contribution in [0.2, 0.25) is 0 Å². The summed E-state index contributed by atoms with van der Waals surface area (Å²) in [5.74, 6) is -1.04. The van der Waals surface area contributed by atoms with Gasteiger partial charge in [-0.1, -0.05) is 0 Å². The van der Waals surface area contributed by atoms with Crippen molar-refractivity contribution in [3.8, 4) is 5.88 Å². The molecule has 0 spiro atoms. The summed E-state index contributed by atoms with van der Waals surface area (Å²) in [6.07, 6.45) is -1.31. The van der Waals surface area contributed by atoms with Crippen LogP contribution in [0.1, 0.15) is 18.0 Å². The zero-order valence-corrected chi connectivity index (χ0v) is 16.7. The minimum absolute atomic E-state index is 0.0520. The fourth-order valence-electron chi connectivity index (χ4n) is 2.52. The molecule has 0 fully saturated rings. The summed E-state index contributed by atoms with van der Waals surface area (Å²) in [5.41, 5.74) is 3.46. The molecule has 0 radical (unpaired) electrons. The van der Waals surface area contributed by atoms with Crippen LogP contribution in [0.5, 0.6) is 5.88 Å². The number of nitrogens with one attached hydrogen (secondary N) is 1. The number of imidazole rings is 1. The maximum atomic E-state index is 12.3. The highest BCUT2D eigenvalue weighted by molar-refractivity contribution is 7.47. The number of aliphatic hydroxyl groups excluding tert-OH is 2. The first-order chi connectivity index (χ1) is 14.5. The first-order valence-corrected chi connectivity index (χ1v) is 9.95. The molecule has 17 heteroatoms. The number of nitrogens with two attached hydrogens (primary N) is 1. The lowest BCUT2D eigenvalue weighted by Gasteiger charge is -2.22. The highest BCUT2D eigenvalue weighted by Gasteiger charge is 2.30. The summed E-state index contributed by atoms with van der Waals surface area (Å²) in [6, 6.07) is 0. The Morgan fingerprint density at radius 1 is 1.35 bits per heavy atom. The molecule has 6 N–H and O–H groups in total. The van der Waals surface area contributed by atoms with Crippen LogP contribution in [-0.4, -0.2) is 57.4 Å². The van der Waals surface area contributed by atoms with Crippen molar-refractivity contribution in [2.45, 2.75) is 19.4 Å². The quantitative estimate of drug-likeness (QED) is 0.219. The number of anilines is 1. The zero-order valence-electron chi connectivity index (χ0n) is 15.8. The SMILES string of the molecule is Cc1cn(C(O)COP(=O)(O)OC(CO)n2cnc3c(=O)[nH]c(N)nc32)c(=O)nc1[O-]. The van der Waals surface area contributed by atoms with Crippen LogP contribution in [0, 0.1) is 6.92 Å². The van der Waals surface area contributed by atoms with E-state index >= 15 is 0 Å². The van der Waals surface area contributed by atoms with Crippen LogP contribution in [0.3, 0.4) is 0 Å². The third kappa shape index (κ3) is 4.79. The van der Waals surface area contributed by atoms with Crippen LogP contribution >= 0.6 is 7.82 Å². The minimum Gasteiger partial charge on any atom is -0.858 e. The number of rotatable bonds is 8. The third-order valence-corrected chi connectivity index (χ3v) is 4.95. The zero-order chi connectivity index (χ0) is 22.9. The van der Waals surface area contributed by atoms with Crippen LogP contribution in [0.25, 0.3) is 11.2 Å². The van der Waals surface area contributed by atoms with E-state index in [2.05, 4.69) is 24.5 Å². The number of aromatic nitrogens is 6. The number of H-pyrrole nitrogens is 1. The summed E-state index contributed by atoms with van der Waals surface area (Å²) < 4.78 is 23.4. The Morgan fingerprint density at radius 3 is 2.74 bits per heavy atom. The lowest BCUT2D eigenvalue weighted by molar-refractivity contribution is -0.276. The van der Waals surface area contributed by atoms with Crippen molar-refractivity contribution in [3.63, 3.8) is 0 Å². The fraction of sp³-hybridized carbons (Fsp3) is 0.357. The van der Waals surface area contributed by atoms with Crippen LogP contribution in [0.4, 0.5) is 5.95 Å². The van der Waals surface area contributed by atoms with Gasteiger partial charge in [0, 0.05) is 6.20 Å². The Morgan fingerprint density at radius 2 is 2.06 bits per heavy atom. The largest absolute Gasteiger partial charge is 0.858 e. The molecule has 0 aliphatic rings. The molecule has 16 nitrogen and oxygen atoms in total. The number of aromatic amines is 1. The Labute approximate surface area is 171 Å². The van der Waals surface area contributed by atoms with Crippen molar-refractivity contribution >= 4 is 24.9 Å². The molecule has 0 aliphatic carbocycles. The van der Waals surface area contributed by atoms with Crippen LogP contribution in [0.15, 0.2) is 22.1 Å². The predicted molar refractivity (Wildman–Crippen MR) is 99.5 cm³/mol. The van der Waals surface area contributed by atoms with Gasteiger partial charge in [0.05, 0.1) is 12.9 Å². The number of hydrogen-bond donors (Lipinski definition) is 5. The van der Waals surface area contributed by atoms with Gasteiger partial charge >= 0.3 is 13.5 Å². The standard InChI is InChI=1S/C14H18N7O9P/c1-6-2-20(14(26)19-11(6)24)7(23)4-29-31(27,28)30-8(3-22)21-5-16-9-10(21)17-13(15)18-12(9)25/h2,5,7-8,22-23H,3-4H2,1H3,(H,27,28)(H,19,24,26)(H3,15,17,18,25)/p-1. The number of phosphoric acid groups is 1. The van der Waals surface area contributed by atoms with Gasteiger partial charge in [0.2, 0.25) is 5.95 Å². The van der Waals surface area contributed by atoms with Gasteiger partial charge in [-0.2, -0.15) is 4.98 Å². The number of nitrogen functional groups attached to an aromatic ring is 1. The number of phosphoric ester groups is 1. The van der Waals surface area contributed by atoms with Gasteiger partial charge in [-0.3, -0.25) is 28.0 Å². The molecule has 3 rings (SSSR count). The molecule has 3 aromatic rings. The first-order valence-electron chi connectivity index (χ1n) is 8.46. The van der Waals surface area contributed by atoms with Gasteiger partial charge in [0.25, 0.3) is 5.56 Å². The van der Waals surface area contributed by atoms with Gasteiger partial charge in [-0.15, -0.1) is 0 Å². The van der Waals surface area contributed by atoms with Crippen molar-refractivity contribution in [1.82, 2.24) is 29.1 Å². The molecule has 0 bridgehead atoms. The van der Waals surface area contributed by atoms with Crippen LogP contribution in [-0.2, 0) is 13.6 Å². The molecular weight excluding hydrogens is 441 g/mol. The highest BCUT2D eigenvalue weighted by atomic mass is 31.2. The Kier molecular flexibility index (Phi) is 6.21. The molecule has 0 saturated carbocycles. The number of nitrogens with zero attached hydrogens (tertiary/aromatic N) is 5. The van der Waals surface area contributed by atoms with Crippen molar-refractivity contribution in [3.05, 3.63) is 38.9 Å². The molecule has 168 valence electrons. The smallest absolute Gasteiger partial charge is 0.474 e. The molecule has 3 heterocycles. The van der Waals surface area contributed by atoms with Crippen molar-refractivity contribution in [2.75, 3.05) is 18.9 Å². The van der Waals surface area contributed by atoms with E-state index in [1.165, 1.54) is 6.92 Å². The van der Waals surface area contributed by atoms with E-state index in [1.54, 1.807) is 0 Å². The highest BCUT2D eigenvalue weighted by Crippen LogP contribution is 2.47. The van der Waals surface area contributed by atoms with Gasteiger partial charge in [-0.25, -0.2) is 19.3 Å². The summed E-state index contributed by atoms with van der Waals surface area (Å²) in [5, 5.41) is 30.9. The molecule has 3 aromatic heterocycles. The molecule has 3 atom stereocenters. The predicted octanol–water partition coefficient (Wildman–Crippen LogP) is -2.54. The Hall–Kier alpha value is -3.14. The minimum atomic E-state index is -4.93. The molecule has 0 aromatic carbocycles. The first kappa shape index (κ1) is 22.5. The molecule has 3 unspecified atom stereocenters. The van der Waals surface area contributed by atoms with E-state index in [-0.39, 0.29) is 22.7 Å². The second kappa shape index (κ2) is 8.54. The fourth-order valence-corrected chi connectivity index (χ4v) is 3.37. The lowest BCUT2D eigenvalue weighted by Crippen LogP contribution is -2.30. The topological polar surface area (TPSA) is 244 Å². The van der Waals surface area contributed by atoms with Gasteiger partial charge in [0.15, 0.2) is 23.6 Å². The van der Waals surface area contributed by atoms with E-state index in [4.69, 9.17) is 10.3 Å². The average Bonchev–Trinajstić information content (AvgIpc) is 3.11. The van der Waals surface area contributed by atoms with Gasteiger partial charge in [0.1, 0.15) is 6.61 Å². The number of aryl methyl sites for hydroxylation is 1. The molecule has 0 saturated heterocycles.